The quantitative estimate of drug-likeness (QED) is 0.0692. The molecule has 11 rings (SSSR count). The van der Waals surface area contributed by atoms with E-state index in [0.717, 1.165) is 113 Å². The summed E-state index contributed by atoms with van der Waals surface area (Å²) in [4.78, 5) is 4.58. The van der Waals surface area contributed by atoms with Crippen molar-refractivity contribution in [2.75, 3.05) is 9.80 Å². The molecule has 0 heterocycles. The van der Waals surface area contributed by atoms with Crippen molar-refractivity contribution in [2.45, 2.75) is 12.8 Å². The van der Waals surface area contributed by atoms with Crippen molar-refractivity contribution < 1.29 is 9.47 Å². The van der Waals surface area contributed by atoms with Crippen LogP contribution in [-0.4, -0.2) is 0 Å². The van der Waals surface area contributed by atoms with Crippen molar-refractivity contribution in [3.8, 4) is 45.3 Å². The Hall–Kier alpha value is -7.44. The molecule has 0 fully saturated rings. The standard InChI is InChI=1S/C62H46IN2O2P/c63-45-19-13-24-50(39-45)64(46-20-9-3-10-21-46)48-27-31-52(32-28-48)66-54-35-37-57-59(41-54)61(43-15-5-1-6-16-43)58-38-36-55(42-60(58)62(57)44-17-7-2-8-18-44)67-53-33-29-49(30-34-53)65(47-22-11-4-12-23-47)51-25-14-26-56(68)40-51/h1-12,14-18,20-42H,13,19,68H2. The van der Waals surface area contributed by atoms with E-state index in [2.05, 4.69) is 278 Å². The van der Waals surface area contributed by atoms with E-state index in [1.165, 1.54) is 9.28 Å². The minimum Gasteiger partial charge on any atom is -0.457 e. The number of para-hydroxylation sites is 2. The molecule has 4 nitrogen and oxygen atoms in total. The number of allylic oxidation sites excluding steroid dienone is 3. The van der Waals surface area contributed by atoms with Crippen LogP contribution in [0.1, 0.15) is 12.8 Å². The van der Waals surface area contributed by atoms with E-state index in [4.69, 9.17) is 9.47 Å². The largest absolute Gasteiger partial charge is 0.457 e. The Balaban J connectivity index is 0.967. The summed E-state index contributed by atoms with van der Waals surface area (Å²) in [7, 11) is 2.81. The van der Waals surface area contributed by atoms with E-state index in [-0.39, 0.29) is 0 Å². The first-order chi connectivity index (χ1) is 33.5. The van der Waals surface area contributed by atoms with E-state index < -0.39 is 0 Å². The molecule has 0 saturated carbocycles. The molecule has 10 aromatic rings. The van der Waals surface area contributed by atoms with E-state index in [9.17, 15) is 0 Å². The van der Waals surface area contributed by atoms with E-state index in [1.54, 1.807) is 0 Å². The Morgan fingerprint density at radius 3 is 1.29 bits per heavy atom. The van der Waals surface area contributed by atoms with Crippen molar-refractivity contribution in [3.05, 3.63) is 252 Å². The Labute approximate surface area is 413 Å². The highest BCUT2D eigenvalue weighted by atomic mass is 127. The van der Waals surface area contributed by atoms with Crippen LogP contribution in [0.4, 0.5) is 28.4 Å². The minimum atomic E-state index is 0.756. The zero-order valence-electron chi connectivity index (χ0n) is 37.2. The summed E-state index contributed by atoms with van der Waals surface area (Å²) in [6, 6.07) is 80.6. The molecule has 0 spiro atoms. The van der Waals surface area contributed by atoms with Crippen LogP contribution in [0.3, 0.4) is 0 Å². The van der Waals surface area contributed by atoms with Gasteiger partial charge < -0.3 is 19.3 Å². The molecule has 0 saturated heterocycles. The van der Waals surface area contributed by atoms with Gasteiger partial charge in [-0.2, -0.15) is 0 Å². The number of anilines is 5. The Morgan fingerprint density at radius 1 is 0.382 bits per heavy atom. The van der Waals surface area contributed by atoms with Gasteiger partial charge in [-0.3, -0.25) is 0 Å². The SMILES string of the molecule is Pc1cccc(N(c2ccccc2)c2ccc(Oc3ccc4c(-c5ccccc5)c5cc(Oc6ccc(N(C7=CCCC(I)=C7)c7ccccc7)cc6)ccc5c(-c5ccccc5)c4c3)cc2)c1. The summed E-state index contributed by atoms with van der Waals surface area (Å²) in [6.45, 7) is 0. The molecule has 68 heavy (non-hydrogen) atoms. The maximum atomic E-state index is 6.73. The van der Waals surface area contributed by atoms with Gasteiger partial charge in [-0.15, -0.1) is 9.24 Å². The number of fused-ring (bicyclic) bond motifs is 2. The maximum Gasteiger partial charge on any atom is 0.128 e. The third kappa shape index (κ3) is 9.03. The average Bonchev–Trinajstić information content (AvgIpc) is 3.38. The fraction of sp³-hybridized carbons (Fsp3) is 0.0323. The van der Waals surface area contributed by atoms with Gasteiger partial charge in [0.05, 0.1) is 0 Å². The summed E-state index contributed by atoms with van der Waals surface area (Å²) in [5.74, 6) is 3.05. The van der Waals surface area contributed by atoms with Crippen LogP contribution in [0, 0.1) is 0 Å². The van der Waals surface area contributed by atoms with Crippen molar-refractivity contribution in [3.63, 3.8) is 0 Å². The lowest BCUT2D eigenvalue weighted by Crippen LogP contribution is -2.16. The molecule has 1 atom stereocenters. The fourth-order valence-corrected chi connectivity index (χ4v) is 10.2. The average molecular weight is 1010 g/mol. The highest BCUT2D eigenvalue weighted by Crippen LogP contribution is 2.47. The van der Waals surface area contributed by atoms with Crippen LogP contribution in [-0.2, 0) is 0 Å². The van der Waals surface area contributed by atoms with Crippen molar-refractivity contribution >= 4 is 87.1 Å². The monoisotopic (exact) mass is 1010 g/mol. The maximum absolute atomic E-state index is 6.73. The first kappa shape index (κ1) is 43.1. The van der Waals surface area contributed by atoms with Gasteiger partial charge in [-0.25, -0.2) is 0 Å². The molecule has 0 aliphatic heterocycles. The third-order valence-corrected chi connectivity index (χ3v) is 13.5. The zero-order valence-corrected chi connectivity index (χ0v) is 40.5. The predicted octanol–water partition coefficient (Wildman–Crippen LogP) is 18.0. The van der Waals surface area contributed by atoms with E-state index in [0.29, 0.717) is 0 Å². The zero-order chi connectivity index (χ0) is 45.8. The summed E-state index contributed by atoms with van der Waals surface area (Å²) in [6.07, 6.45) is 6.71. The first-order valence-electron chi connectivity index (χ1n) is 22.8. The second-order valence-corrected chi connectivity index (χ2v) is 18.8. The molecule has 0 amide bonds. The molecule has 1 unspecified atom stereocenters. The minimum absolute atomic E-state index is 0.756. The Morgan fingerprint density at radius 2 is 0.809 bits per heavy atom. The molecule has 6 heteroatoms. The third-order valence-electron chi connectivity index (χ3n) is 12.3. The summed E-state index contributed by atoms with van der Waals surface area (Å²) in [5.41, 5.74) is 11.1. The number of rotatable bonds is 12. The lowest BCUT2D eigenvalue weighted by molar-refractivity contribution is 0.483. The van der Waals surface area contributed by atoms with Crippen LogP contribution in [0.25, 0.3) is 43.8 Å². The molecule has 0 bridgehead atoms. The highest BCUT2D eigenvalue weighted by Gasteiger charge is 2.20. The summed E-state index contributed by atoms with van der Waals surface area (Å²) < 4.78 is 14.8. The van der Waals surface area contributed by atoms with Crippen LogP contribution in [0.15, 0.2) is 252 Å². The molecular weight excluding hydrogens is 963 g/mol. The normalized spacial score (nSPS) is 12.3. The molecule has 10 aromatic carbocycles. The predicted molar refractivity (Wildman–Crippen MR) is 297 cm³/mol. The van der Waals surface area contributed by atoms with Crippen molar-refractivity contribution in [1.82, 2.24) is 0 Å². The number of hydrogen-bond donors (Lipinski definition) is 0. The molecule has 0 N–H and O–H groups in total. The first-order valence-corrected chi connectivity index (χ1v) is 24.5. The van der Waals surface area contributed by atoms with Gasteiger partial charge in [0.25, 0.3) is 0 Å². The molecule has 1 aliphatic rings. The van der Waals surface area contributed by atoms with Gasteiger partial charge in [0.2, 0.25) is 0 Å². The number of halogens is 1. The molecule has 328 valence electrons. The van der Waals surface area contributed by atoms with Crippen LogP contribution in [0.2, 0.25) is 0 Å². The lowest BCUT2D eigenvalue weighted by Gasteiger charge is -2.28. The topological polar surface area (TPSA) is 24.9 Å². The molecule has 0 aromatic heterocycles. The number of ether oxygens (including phenoxy) is 2. The van der Waals surface area contributed by atoms with Crippen molar-refractivity contribution in [2.24, 2.45) is 0 Å². The summed E-state index contributed by atoms with van der Waals surface area (Å²) >= 11 is 2.46. The van der Waals surface area contributed by atoms with Gasteiger partial charge in [-0.05, 0) is 203 Å². The Bertz CT molecular complexity index is 3450. The lowest BCUT2D eigenvalue weighted by atomic mass is 9.86. The number of benzene rings is 10. The second-order valence-electron chi connectivity index (χ2n) is 16.8. The number of hydrogen-bond acceptors (Lipinski definition) is 4. The molecular formula is C62H46IN2O2P. The van der Waals surface area contributed by atoms with Gasteiger partial charge in [0.1, 0.15) is 23.0 Å². The van der Waals surface area contributed by atoms with E-state index in [1.807, 2.05) is 6.07 Å². The van der Waals surface area contributed by atoms with E-state index >= 15 is 0 Å². The smallest absolute Gasteiger partial charge is 0.128 e. The molecule has 1 aliphatic carbocycles. The van der Waals surface area contributed by atoms with Gasteiger partial charge in [0.15, 0.2) is 0 Å². The fourth-order valence-electron chi connectivity index (χ4n) is 9.26. The van der Waals surface area contributed by atoms with Crippen LogP contribution >= 0.6 is 31.8 Å². The second kappa shape index (κ2) is 19.4. The van der Waals surface area contributed by atoms with Gasteiger partial charge in [0, 0.05) is 34.1 Å². The van der Waals surface area contributed by atoms with Gasteiger partial charge >= 0.3 is 0 Å². The molecule has 0 radical (unpaired) electrons. The highest BCUT2D eigenvalue weighted by molar-refractivity contribution is 14.1. The van der Waals surface area contributed by atoms with Crippen LogP contribution in [0.5, 0.6) is 23.0 Å². The summed E-state index contributed by atoms with van der Waals surface area (Å²) in [5, 5.41) is 5.60. The Kier molecular flexibility index (Phi) is 12.3. The van der Waals surface area contributed by atoms with Gasteiger partial charge in [-0.1, -0.05) is 127 Å². The van der Waals surface area contributed by atoms with Crippen LogP contribution < -0.4 is 24.6 Å². The number of nitrogens with zero attached hydrogens (tertiary/aromatic N) is 2. The van der Waals surface area contributed by atoms with Crippen molar-refractivity contribution in [1.29, 1.82) is 0 Å².